The third kappa shape index (κ3) is 3.08. The number of benzene rings is 2. The first kappa shape index (κ1) is 14.3. The van der Waals surface area contributed by atoms with E-state index in [0.717, 1.165) is 22.4 Å². The average Bonchev–Trinajstić information content (AvgIpc) is 2.41. The van der Waals surface area contributed by atoms with Gasteiger partial charge in [0.25, 0.3) is 0 Å². The molecular formula is C18H20O2. The largest absolute Gasteiger partial charge is 0.491 e. The van der Waals surface area contributed by atoms with Crippen LogP contribution in [0.4, 0.5) is 0 Å². The summed E-state index contributed by atoms with van der Waals surface area (Å²) in [6.45, 7) is 7.97. The van der Waals surface area contributed by atoms with Crippen molar-refractivity contribution in [3.05, 3.63) is 64.7 Å². The first-order valence-corrected chi connectivity index (χ1v) is 6.86. The highest BCUT2D eigenvalue weighted by molar-refractivity contribution is 6.10. The molecule has 0 aliphatic carbocycles. The summed E-state index contributed by atoms with van der Waals surface area (Å²) in [6.07, 6.45) is 0.135. The van der Waals surface area contributed by atoms with E-state index < -0.39 is 0 Å². The zero-order valence-electron chi connectivity index (χ0n) is 12.4. The molecule has 0 bridgehead atoms. The van der Waals surface area contributed by atoms with Gasteiger partial charge >= 0.3 is 0 Å². The van der Waals surface area contributed by atoms with Crippen molar-refractivity contribution < 1.29 is 9.53 Å². The monoisotopic (exact) mass is 268 g/mol. The highest BCUT2D eigenvalue weighted by atomic mass is 16.5. The lowest BCUT2D eigenvalue weighted by molar-refractivity contribution is 0.103. The van der Waals surface area contributed by atoms with E-state index in [1.807, 2.05) is 70.2 Å². The molecule has 0 aromatic heterocycles. The molecule has 0 unspecified atom stereocenters. The number of hydrogen-bond acceptors (Lipinski definition) is 2. The number of hydrogen-bond donors (Lipinski definition) is 0. The Morgan fingerprint density at radius 1 is 1.00 bits per heavy atom. The maximum Gasteiger partial charge on any atom is 0.193 e. The molecule has 0 atom stereocenters. The minimum Gasteiger partial charge on any atom is -0.491 e. The maximum absolute atomic E-state index is 12.5. The van der Waals surface area contributed by atoms with Gasteiger partial charge in [-0.25, -0.2) is 0 Å². The fourth-order valence-electron chi connectivity index (χ4n) is 2.11. The standard InChI is InChI=1S/C18H20O2/c1-12(2)20-16-10-8-15(9-11-16)18(19)17-7-5-6-13(3)14(17)4/h5-12H,1-4H3. The molecule has 2 nitrogen and oxygen atoms in total. The summed E-state index contributed by atoms with van der Waals surface area (Å²) >= 11 is 0. The second kappa shape index (κ2) is 5.91. The third-order valence-corrected chi connectivity index (χ3v) is 3.34. The predicted octanol–water partition coefficient (Wildman–Crippen LogP) is 4.32. The van der Waals surface area contributed by atoms with Crippen molar-refractivity contribution in [1.82, 2.24) is 0 Å². The number of ketones is 1. The quantitative estimate of drug-likeness (QED) is 0.772. The third-order valence-electron chi connectivity index (χ3n) is 3.34. The molecule has 20 heavy (non-hydrogen) atoms. The molecule has 0 fully saturated rings. The second-order valence-electron chi connectivity index (χ2n) is 5.27. The van der Waals surface area contributed by atoms with Crippen LogP contribution in [0.5, 0.6) is 5.75 Å². The lowest BCUT2D eigenvalue weighted by Gasteiger charge is -2.11. The van der Waals surface area contributed by atoms with Crippen LogP contribution in [0.25, 0.3) is 0 Å². The molecule has 0 N–H and O–H groups in total. The first-order chi connectivity index (χ1) is 9.49. The van der Waals surface area contributed by atoms with Crippen LogP contribution in [0.2, 0.25) is 0 Å². The van der Waals surface area contributed by atoms with Crippen LogP contribution in [-0.4, -0.2) is 11.9 Å². The topological polar surface area (TPSA) is 26.3 Å². The van der Waals surface area contributed by atoms with Gasteiger partial charge in [0.2, 0.25) is 0 Å². The SMILES string of the molecule is Cc1cccc(C(=O)c2ccc(OC(C)C)cc2)c1C. The van der Waals surface area contributed by atoms with Crippen LogP contribution in [0, 0.1) is 13.8 Å². The molecule has 0 radical (unpaired) electrons. The Kier molecular flexibility index (Phi) is 4.23. The van der Waals surface area contributed by atoms with E-state index >= 15 is 0 Å². The number of rotatable bonds is 4. The molecule has 0 spiro atoms. The van der Waals surface area contributed by atoms with E-state index in [9.17, 15) is 4.79 Å². The van der Waals surface area contributed by atoms with Gasteiger partial charge in [-0.15, -0.1) is 0 Å². The van der Waals surface area contributed by atoms with E-state index in [1.54, 1.807) is 0 Å². The summed E-state index contributed by atoms with van der Waals surface area (Å²) in [5.74, 6) is 0.847. The minimum absolute atomic E-state index is 0.0577. The Morgan fingerprint density at radius 3 is 2.25 bits per heavy atom. The fraction of sp³-hybridized carbons (Fsp3) is 0.278. The van der Waals surface area contributed by atoms with Crippen molar-refractivity contribution in [2.24, 2.45) is 0 Å². The Hall–Kier alpha value is -2.09. The molecule has 0 saturated carbocycles. The molecule has 2 heteroatoms. The molecule has 104 valence electrons. The Bertz CT molecular complexity index is 610. The van der Waals surface area contributed by atoms with Crippen LogP contribution >= 0.6 is 0 Å². The molecule has 0 saturated heterocycles. The Labute approximate surface area is 120 Å². The van der Waals surface area contributed by atoms with Gasteiger partial charge in [0.15, 0.2) is 5.78 Å². The summed E-state index contributed by atoms with van der Waals surface area (Å²) in [6, 6.07) is 13.2. The lowest BCUT2D eigenvalue weighted by Crippen LogP contribution is -2.07. The number of carbonyl (C=O) groups is 1. The molecular weight excluding hydrogens is 248 g/mol. The van der Waals surface area contributed by atoms with E-state index in [0.29, 0.717) is 5.56 Å². The van der Waals surface area contributed by atoms with Gasteiger partial charge in [-0.2, -0.15) is 0 Å². The maximum atomic E-state index is 12.5. The molecule has 0 aliphatic rings. The molecule has 0 aliphatic heterocycles. The highest BCUT2D eigenvalue weighted by Gasteiger charge is 2.12. The molecule has 2 aromatic carbocycles. The van der Waals surface area contributed by atoms with Crippen LogP contribution in [0.1, 0.15) is 40.9 Å². The van der Waals surface area contributed by atoms with E-state index in [4.69, 9.17) is 4.74 Å². The van der Waals surface area contributed by atoms with Crippen molar-refractivity contribution in [1.29, 1.82) is 0 Å². The Morgan fingerprint density at radius 2 is 1.65 bits per heavy atom. The first-order valence-electron chi connectivity index (χ1n) is 6.86. The van der Waals surface area contributed by atoms with Gasteiger partial charge in [-0.1, -0.05) is 18.2 Å². The average molecular weight is 268 g/mol. The van der Waals surface area contributed by atoms with Crippen LogP contribution in [-0.2, 0) is 0 Å². The van der Waals surface area contributed by atoms with Crippen molar-refractivity contribution in [3.63, 3.8) is 0 Å². The molecule has 2 rings (SSSR count). The fourth-order valence-corrected chi connectivity index (χ4v) is 2.11. The van der Waals surface area contributed by atoms with Crippen molar-refractivity contribution in [2.75, 3.05) is 0 Å². The second-order valence-corrected chi connectivity index (χ2v) is 5.27. The normalized spacial score (nSPS) is 10.7. The van der Waals surface area contributed by atoms with Gasteiger partial charge in [-0.3, -0.25) is 4.79 Å². The zero-order valence-corrected chi connectivity index (χ0v) is 12.4. The van der Waals surface area contributed by atoms with Gasteiger partial charge in [0.05, 0.1) is 6.10 Å². The number of carbonyl (C=O) groups excluding carboxylic acids is 1. The van der Waals surface area contributed by atoms with Gasteiger partial charge in [0, 0.05) is 11.1 Å². The molecule has 0 amide bonds. The van der Waals surface area contributed by atoms with E-state index in [-0.39, 0.29) is 11.9 Å². The van der Waals surface area contributed by atoms with Gasteiger partial charge in [-0.05, 0) is 63.1 Å². The number of aryl methyl sites for hydroxylation is 1. The van der Waals surface area contributed by atoms with Crippen LogP contribution in [0.3, 0.4) is 0 Å². The van der Waals surface area contributed by atoms with E-state index in [1.165, 1.54) is 0 Å². The van der Waals surface area contributed by atoms with Crippen LogP contribution < -0.4 is 4.74 Å². The van der Waals surface area contributed by atoms with E-state index in [2.05, 4.69) is 0 Å². The van der Waals surface area contributed by atoms with Gasteiger partial charge < -0.3 is 4.74 Å². The minimum atomic E-state index is 0.0577. The Balaban J connectivity index is 2.27. The summed E-state index contributed by atoms with van der Waals surface area (Å²) in [5.41, 5.74) is 3.63. The molecule has 0 heterocycles. The highest BCUT2D eigenvalue weighted by Crippen LogP contribution is 2.19. The van der Waals surface area contributed by atoms with Crippen LogP contribution in [0.15, 0.2) is 42.5 Å². The lowest BCUT2D eigenvalue weighted by atomic mass is 9.96. The van der Waals surface area contributed by atoms with Crippen molar-refractivity contribution in [3.8, 4) is 5.75 Å². The zero-order chi connectivity index (χ0) is 14.7. The summed E-state index contributed by atoms with van der Waals surface area (Å²) in [4.78, 5) is 12.5. The predicted molar refractivity (Wildman–Crippen MR) is 81.6 cm³/mol. The summed E-state index contributed by atoms with van der Waals surface area (Å²) in [7, 11) is 0. The van der Waals surface area contributed by atoms with Crippen molar-refractivity contribution >= 4 is 5.78 Å². The smallest absolute Gasteiger partial charge is 0.193 e. The van der Waals surface area contributed by atoms with Crippen molar-refractivity contribution in [2.45, 2.75) is 33.8 Å². The summed E-state index contributed by atoms with van der Waals surface area (Å²) < 4.78 is 5.59. The van der Waals surface area contributed by atoms with Gasteiger partial charge in [0.1, 0.15) is 5.75 Å². The summed E-state index contributed by atoms with van der Waals surface area (Å²) in [5, 5.41) is 0. The number of ether oxygens (including phenoxy) is 1. The molecule has 2 aromatic rings.